The molecular formula is C18H18N4O4S. The first-order valence-electron chi connectivity index (χ1n) is 8.17. The summed E-state index contributed by atoms with van der Waals surface area (Å²) in [5.74, 6) is -1.55. The van der Waals surface area contributed by atoms with Crippen LogP contribution in [-0.4, -0.2) is 36.8 Å². The molecule has 8 nitrogen and oxygen atoms in total. The van der Waals surface area contributed by atoms with Crippen molar-refractivity contribution in [3.05, 3.63) is 52.7 Å². The molecule has 0 spiro atoms. The Morgan fingerprint density at radius 2 is 2.00 bits per heavy atom. The number of hydrogen-bond acceptors (Lipinski definition) is 7. The lowest BCUT2D eigenvalue weighted by molar-refractivity contribution is -0.144. The predicted octanol–water partition coefficient (Wildman–Crippen LogP) is 1.42. The van der Waals surface area contributed by atoms with E-state index in [9.17, 15) is 14.4 Å². The number of rotatable bonds is 5. The highest BCUT2D eigenvalue weighted by molar-refractivity contribution is 7.10. The fourth-order valence-electron chi connectivity index (χ4n) is 2.52. The Morgan fingerprint density at radius 1 is 1.26 bits per heavy atom. The maximum Gasteiger partial charge on any atom is 0.333 e. The third kappa shape index (κ3) is 3.98. The molecule has 0 bridgehead atoms. The monoisotopic (exact) mass is 386 g/mol. The maximum absolute atomic E-state index is 12.7. The van der Waals surface area contributed by atoms with Crippen LogP contribution in [0.2, 0.25) is 0 Å². The van der Waals surface area contributed by atoms with Crippen LogP contribution in [0.4, 0.5) is 5.69 Å². The van der Waals surface area contributed by atoms with E-state index in [4.69, 9.17) is 4.74 Å². The second-order valence-corrected chi connectivity index (χ2v) is 6.70. The molecule has 0 saturated heterocycles. The highest BCUT2D eigenvalue weighted by atomic mass is 32.1. The molecular weight excluding hydrogens is 368 g/mol. The average Bonchev–Trinajstić information content (AvgIpc) is 3.22. The number of amides is 2. The number of anilines is 1. The summed E-state index contributed by atoms with van der Waals surface area (Å²) >= 11 is 1.32. The lowest BCUT2D eigenvalue weighted by Gasteiger charge is -2.30. The second kappa shape index (κ2) is 8.00. The number of carbonyl (C=O) groups excluding carboxylic acids is 3. The molecule has 140 valence electrons. The number of nitrogens with zero attached hydrogens (tertiary/aromatic N) is 2. The first-order valence-corrected chi connectivity index (χ1v) is 9.04. The molecule has 1 aromatic carbocycles. The van der Waals surface area contributed by atoms with E-state index in [2.05, 4.69) is 15.7 Å². The fourth-order valence-corrected chi connectivity index (χ4v) is 3.29. The second-order valence-electron chi connectivity index (χ2n) is 5.72. The van der Waals surface area contributed by atoms with Crippen LogP contribution in [0, 0.1) is 0 Å². The average molecular weight is 386 g/mol. The van der Waals surface area contributed by atoms with Crippen LogP contribution in [0.1, 0.15) is 17.8 Å². The summed E-state index contributed by atoms with van der Waals surface area (Å²) in [6.07, 6.45) is 0. The van der Waals surface area contributed by atoms with E-state index < -0.39 is 24.0 Å². The molecule has 0 aliphatic carbocycles. The number of hydrogen-bond donors (Lipinski definition) is 2. The molecule has 3 rings (SSSR count). The van der Waals surface area contributed by atoms with Crippen molar-refractivity contribution in [2.75, 3.05) is 12.1 Å². The number of nitrogens with one attached hydrogen (secondary N) is 2. The van der Waals surface area contributed by atoms with Crippen molar-refractivity contribution in [1.29, 1.82) is 0 Å². The number of amidine groups is 1. The highest BCUT2D eigenvalue weighted by Gasteiger charge is 2.33. The summed E-state index contributed by atoms with van der Waals surface area (Å²) < 4.78 is 4.78. The number of hydrazine groups is 1. The van der Waals surface area contributed by atoms with Crippen LogP contribution in [-0.2, 0) is 19.1 Å². The van der Waals surface area contributed by atoms with E-state index in [1.807, 2.05) is 6.07 Å². The molecule has 0 saturated carbocycles. The van der Waals surface area contributed by atoms with E-state index in [-0.39, 0.29) is 11.7 Å². The quantitative estimate of drug-likeness (QED) is 0.757. The van der Waals surface area contributed by atoms with Gasteiger partial charge in [-0.2, -0.15) is 0 Å². The molecule has 1 aromatic heterocycles. The van der Waals surface area contributed by atoms with Gasteiger partial charge in [-0.05, 0) is 30.5 Å². The van der Waals surface area contributed by atoms with Gasteiger partial charge < -0.3 is 10.1 Å². The number of methoxy groups -OCH3 is 1. The maximum atomic E-state index is 12.7. The van der Waals surface area contributed by atoms with Crippen LogP contribution in [0.15, 0.2) is 52.8 Å². The van der Waals surface area contributed by atoms with Gasteiger partial charge in [-0.25, -0.2) is 14.8 Å². The van der Waals surface area contributed by atoms with Gasteiger partial charge in [0.1, 0.15) is 6.04 Å². The van der Waals surface area contributed by atoms with Gasteiger partial charge in [0.15, 0.2) is 6.04 Å². The zero-order valence-corrected chi connectivity index (χ0v) is 15.5. The Hall–Kier alpha value is -3.20. The minimum Gasteiger partial charge on any atom is -0.467 e. The van der Waals surface area contributed by atoms with Gasteiger partial charge in [0.2, 0.25) is 5.84 Å². The summed E-state index contributed by atoms with van der Waals surface area (Å²) in [7, 11) is 1.25. The Morgan fingerprint density at radius 3 is 2.63 bits per heavy atom. The summed E-state index contributed by atoms with van der Waals surface area (Å²) in [5.41, 5.74) is 3.31. The van der Waals surface area contributed by atoms with Crippen molar-refractivity contribution in [2.45, 2.75) is 19.0 Å². The summed E-state index contributed by atoms with van der Waals surface area (Å²) in [6, 6.07) is 10.7. The predicted molar refractivity (Wildman–Crippen MR) is 101 cm³/mol. The van der Waals surface area contributed by atoms with Crippen molar-refractivity contribution in [2.24, 2.45) is 4.99 Å². The third-order valence-corrected chi connectivity index (χ3v) is 4.82. The van der Waals surface area contributed by atoms with Gasteiger partial charge in [0, 0.05) is 4.88 Å². The molecule has 2 N–H and O–H groups in total. The lowest BCUT2D eigenvalue weighted by atomic mass is 10.2. The zero-order valence-electron chi connectivity index (χ0n) is 14.7. The molecule has 1 aliphatic heterocycles. The van der Waals surface area contributed by atoms with Crippen molar-refractivity contribution in [3.8, 4) is 0 Å². The smallest absolute Gasteiger partial charge is 0.333 e. The number of para-hydroxylation sites is 1. The Labute approximate surface area is 159 Å². The van der Waals surface area contributed by atoms with Gasteiger partial charge in [0.25, 0.3) is 11.8 Å². The van der Waals surface area contributed by atoms with Gasteiger partial charge in [-0.15, -0.1) is 11.3 Å². The summed E-state index contributed by atoms with van der Waals surface area (Å²) in [6.45, 7) is 1.60. The van der Waals surface area contributed by atoms with Crippen molar-refractivity contribution >= 4 is 40.6 Å². The Bertz CT molecular complexity index is 867. The lowest BCUT2D eigenvalue weighted by Crippen LogP contribution is -2.58. The van der Waals surface area contributed by atoms with E-state index in [0.29, 0.717) is 10.6 Å². The molecule has 2 unspecified atom stereocenters. The third-order valence-electron chi connectivity index (χ3n) is 3.89. The van der Waals surface area contributed by atoms with Crippen molar-refractivity contribution < 1.29 is 19.1 Å². The highest BCUT2D eigenvalue weighted by Crippen LogP contribution is 2.21. The molecule has 1 aliphatic rings. The largest absolute Gasteiger partial charge is 0.467 e. The standard InChI is InChI=1S/C18H18N4O4S/c1-11-17(24)22(12-7-4-3-5-8-12)21-15(19-11)16(23)20-14(18(25)26-2)13-9-6-10-27-13/h3-11,14H,1-2H3,(H,19,21)(H,20,23). The molecule has 2 aromatic rings. The Balaban J connectivity index is 1.82. The van der Waals surface area contributed by atoms with Crippen LogP contribution in [0.5, 0.6) is 0 Å². The number of ether oxygens (including phenoxy) is 1. The number of aliphatic imine (C=N–C) groups is 1. The molecule has 2 heterocycles. The summed E-state index contributed by atoms with van der Waals surface area (Å²) in [5, 5.41) is 5.68. The normalized spacial score (nSPS) is 17.6. The van der Waals surface area contributed by atoms with Crippen LogP contribution in [0.25, 0.3) is 0 Å². The van der Waals surface area contributed by atoms with E-state index in [0.717, 1.165) is 0 Å². The fraction of sp³-hybridized carbons (Fsp3) is 0.222. The van der Waals surface area contributed by atoms with Gasteiger partial charge in [0.05, 0.1) is 12.8 Å². The van der Waals surface area contributed by atoms with E-state index in [1.54, 1.807) is 48.7 Å². The van der Waals surface area contributed by atoms with Gasteiger partial charge in [-0.1, -0.05) is 24.3 Å². The van der Waals surface area contributed by atoms with E-state index >= 15 is 0 Å². The number of thiophene rings is 1. The number of benzene rings is 1. The molecule has 9 heteroatoms. The zero-order chi connectivity index (χ0) is 19.4. The molecule has 0 fully saturated rings. The SMILES string of the molecule is COC(=O)C(NC(=O)C1=NC(C)C(=O)N(c2ccccc2)N1)c1cccs1. The first kappa shape index (κ1) is 18.6. The Kier molecular flexibility index (Phi) is 5.51. The van der Waals surface area contributed by atoms with Gasteiger partial charge >= 0.3 is 5.97 Å². The van der Waals surface area contributed by atoms with Crippen LogP contribution < -0.4 is 15.8 Å². The molecule has 2 amide bonds. The molecule has 0 radical (unpaired) electrons. The van der Waals surface area contributed by atoms with Crippen molar-refractivity contribution in [1.82, 2.24) is 10.7 Å². The molecule has 2 atom stereocenters. The van der Waals surface area contributed by atoms with Crippen LogP contribution >= 0.6 is 11.3 Å². The summed E-state index contributed by atoms with van der Waals surface area (Å²) in [4.78, 5) is 41.9. The number of carbonyl (C=O) groups is 3. The minimum atomic E-state index is -0.954. The van der Waals surface area contributed by atoms with Crippen LogP contribution in [0.3, 0.4) is 0 Å². The molecule has 27 heavy (non-hydrogen) atoms. The topological polar surface area (TPSA) is 100 Å². The van der Waals surface area contributed by atoms with Gasteiger partial charge in [-0.3, -0.25) is 15.0 Å². The van der Waals surface area contributed by atoms with E-state index in [1.165, 1.54) is 23.5 Å². The number of esters is 1. The minimum absolute atomic E-state index is 0.0589. The van der Waals surface area contributed by atoms with Crippen molar-refractivity contribution in [3.63, 3.8) is 0 Å². The first-order chi connectivity index (χ1) is 13.0.